The van der Waals surface area contributed by atoms with Gasteiger partial charge in [-0.3, -0.25) is 0 Å². The first-order valence-corrected chi connectivity index (χ1v) is 7.67. The molecule has 100 valence electrons. The van der Waals surface area contributed by atoms with Crippen LogP contribution in [0.5, 0.6) is 0 Å². The summed E-state index contributed by atoms with van der Waals surface area (Å²) in [5.74, 6) is 0. The number of hydrogen-bond donors (Lipinski definition) is 2. The van der Waals surface area contributed by atoms with Gasteiger partial charge in [-0.2, -0.15) is 0 Å². The van der Waals surface area contributed by atoms with Gasteiger partial charge < -0.3 is 10.3 Å². The minimum atomic E-state index is 0.397. The third-order valence-electron chi connectivity index (χ3n) is 3.74. The van der Waals surface area contributed by atoms with Crippen LogP contribution >= 0.6 is 11.8 Å². The van der Waals surface area contributed by atoms with Gasteiger partial charge in [-0.25, -0.2) is 4.98 Å². The van der Waals surface area contributed by atoms with Gasteiger partial charge in [0.05, 0.1) is 0 Å². The number of fused-ring (bicyclic) bond motifs is 1. The summed E-state index contributed by atoms with van der Waals surface area (Å²) in [6, 6.07) is 9.21. The number of aryl methyl sites for hydroxylation is 1. The van der Waals surface area contributed by atoms with Crippen molar-refractivity contribution in [2.75, 3.05) is 7.05 Å². The first-order valence-electron chi connectivity index (χ1n) is 6.79. The Bertz CT molecular complexity index is 524. The zero-order chi connectivity index (χ0) is 13.1. The Morgan fingerprint density at radius 3 is 3.05 bits per heavy atom. The van der Waals surface area contributed by atoms with E-state index in [9.17, 15) is 0 Å². The Morgan fingerprint density at radius 2 is 2.26 bits per heavy atom. The molecule has 2 N–H and O–H groups in total. The highest BCUT2D eigenvalue weighted by Gasteiger charge is 2.27. The van der Waals surface area contributed by atoms with Crippen LogP contribution in [0.4, 0.5) is 0 Å². The third-order valence-corrected chi connectivity index (χ3v) is 5.00. The van der Waals surface area contributed by atoms with Crippen LogP contribution in [0.2, 0.25) is 0 Å². The van der Waals surface area contributed by atoms with Gasteiger partial charge in [-0.15, -0.1) is 0 Å². The van der Waals surface area contributed by atoms with E-state index >= 15 is 0 Å². The number of hydrogen-bond acceptors (Lipinski definition) is 3. The fourth-order valence-electron chi connectivity index (χ4n) is 2.85. The van der Waals surface area contributed by atoms with Crippen molar-refractivity contribution in [1.29, 1.82) is 0 Å². The fraction of sp³-hybridized carbons (Fsp3) is 0.400. The predicted molar refractivity (Wildman–Crippen MR) is 79.4 cm³/mol. The third kappa shape index (κ3) is 2.69. The zero-order valence-corrected chi connectivity index (χ0v) is 11.9. The van der Waals surface area contributed by atoms with Crippen LogP contribution < -0.4 is 5.32 Å². The van der Waals surface area contributed by atoms with E-state index < -0.39 is 0 Å². The van der Waals surface area contributed by atoms with Crippen molar-refractivity contribution in [3.63, 3.8) is 0 Å². The van der Waals surface area contributed by atoms with Crippen molar-refractivity contribution in [2.45, 2.75) is 35.7 Å². The largest absolute Gasteiger partial charge is 0.340 e. The summed E-state index contributed by atoms with van der Waals surface area (Å²) >= 11 is 1.85. The van der Waals surface area contributed by atoms with E-state index in [2.05, 4.69) is 46.6 Å². The highest BCUT2D eigenvalue weighted by atomic mass is 32.2. The molecule has 19 heavy (non-hydrogen) atoms. The lowest BCUT2D eigenvalue weighted by Crippen LogP contribution is -2.27. The van der Waals surface area contributed by atoms with Gasteiger partial charge >= 0.3 is 0 Å². The smallest absolute Gasteiger partial charge is 0.165 e. The number of nitrogens with one attached hydrogen (secondary N) is 2. The van der Waals surface area contributed by atoms with E-state index in [-0.39, 0.29) is 0 Å². The molecule has 1 aromatic carbocycles. The second kappa shape index (κ2) is 5.80. The maximum absolute atomic E-state index is 4.35. The van der Waals surface area contributed by atoms with Gasteiger partial charge in [-0.05, 0) is 37.4 Å². The standard InChI is InChI=1S/C15H19N3S/c1-16-14-12-7-3-2-5-11(12)6-4-8-13(14)19-15-17-9-10-18-15/h2-3,5,7,9-10,13-14,16H,4,6,8H2,1H3,(H,17,18). The molecule has 0 spiro atoms. The van der Waals surface area contributed by atoms with Crippen LogP contribution in [-0.4, -0.2) is 22.3 Å². The molecule has 4 heteroatoms. The van der Waals surface area contributed by atoms with Gasteiger partial charge in [-0.1, -0.05) is 36.0 Å². The lowest BCUT2D eigenvalue weighted by atomic mass is 9.99. The van der Waals surface area contributed by atoms with Gasteiger partial charge in [0.2, 0.25) is 0 Å². The SMILES string of the molecule is CNC1c2ccccc2CCCC1Sc1ncc[nH]1. The van der Waals surface area contributed by atoms with Crippen molar-refractivity contribution in [1.82, 2.24) is 15.3 Å². The molecule has 2 unspecified atom stereocenters. The lowest BCUT2D eigenvalue weighted by molar-refractivity contribution is 0.547. The van der Waals surface area contributed by atoms with E-state index in [4.69, 9.17) is 0 Å². The minimum absolute atomic E-state index is 0.397. The van der Waals surface area contributed by atoms with E-state index in [1.54, 1.807) is 0 Å². The quantitative estimate of drug-likeness (QED) is 0.844. The molecule has 1 heterocycles. The first-order chi connectivity index (χ1) is 9.38. The fourth-order valence-corrected chi connectivity index (χ4v) is 4.10. The average molecular weight is 273 g/mol. The van der Waals surface area contributed by atoms with Gasteiger partial charge in [0.1, 0.15) is 0 Å². The van der Waals surface area contributed by atoms with Crippen molar-refractivity contribution >= 4 is 11.8 Å². The highest BCUT2D eigenvalue weighted by molar-refractivity contribution is 7.99. The van der Waals surface area contributed by atoms with E-state index in [0.717, 1.165) is 5.16 Å². The maximum Gasteiger partial charge on any atom is 0.165 e. The van der Waals surface area contributed by atoms with Crippen molar-refractivity contribution < 1.29 is 0 Å². The molecule has 0 amide bonds. The van der Waals surface area contributed by atoms with Gasteiger partial charge in [0.15, 0.2) is 5.16 Å². The molecule has 1 aliphatic rings. The Labute approximate surface area is 118 Å². The molecule has 0 bridgehead atoms. The number of aromatic amines is 1. The molecule has 1 aromatic heterocycles. The summed E-state index contributed by atoms with van der Waals surface area (Å²) in [5, 5.41) is 5.05. The number of thioether (sulfide) groups is 1. The predicted octanol–water partition coefficient (Wildman–Crippen LogP) is 3.17. The molecule has 2 atom stereocenters. The number of imidazole rings is 1. The summed E-state index contributed by atoms with van der Waals surface area (Å²) in [6.07, 6.45) is 7.35. The molecule has 3 rings (SSSR count). The van der Waals surface area contributed by atoms with Crippen molar-refractivity contribution in [2.24, 2.45) is 0 Å². The molecule has 0 aliphatic heterocycles. The molecule has 0 fully saturated rings. The highest BCUT2D eigenvalue weighted by Crippen LogP contribution is 2.37. The summed E-state index contributed by atoms with van der Waals surface area (Å²) < 4.78 is 0. The topological polar surface area (TPSA) is 40.7 Å². The molecule has 3 nitrogen and oxygen atoms in total. The summed E-state index contributed by atoms with van der Waals surface area (Å²) in [5.41, 5.74) is 2.94. The van der Waals surface area contributed by atoms with Crippen LogP contribution in [0.15, 0.2) is 41.8 Å². The van der Waals surface area contributed by atoms with Gasteiger partial charge in [0.25, 0.3) is 0 Å². The second-order valence-corrected chi connectivity index (χ2v) is 6.14. The Kier molecular flexibility index (Phi) is 3.89. The summed E-state index contributed by atoms with van der Waals surface area (Å²) in [6.45, 7) is 0. The Hall–Kier alpha value is -1.26. The maximum atomic E-state index is 4.35. The molecule has 0 saturated carbocycles. The normalized spacial score (nSPS) is 22.8. The van der Waals surface area contributed by atoms with E-state index in [0.29, 0.717) is 11.3 Å². The van der Waals surface area contributed by atoms with Crippen molar-refractivity contribution in [3.05, 3.63) is 47.8 Å². The first kappa shape index (κ1) is 12.8. The number of nitrogens with zero attached hydrogens (tertiary/aromatic N) is 1. The number of benzene rings is 1. The Morgan fingerprint density at radius 1 is 1.37 bits per heavy atom. The van der Waals surface area contributed by atoms with Crippen molar-refractivity contribution in [3.8, 4) is 0 Å². The monoisotopic (exact) mass is 273 g/mol. The molecule has 0 radical (unpaired) electrons. The molecule has 2 aromatic rings. The number of rotatable bonds is 3. The number of H-pyrrole nitrogens is 1. The van der Waals surface area contributed by atoms with Crippen LogP contribution in [0.3, 0.4) is 0 Å². The van der Waals surface area contributed by atoms with Crippen LogP contribution in [0.1, 0.15) is 30.0 Å². The van der Waals surface area contributed by atoms with Crippen LogP contribution in [-0.2, 0) is 6.42 Å². The minimum Gasteiger partial charge on any atom is -0.340 e. The second-order valence-electron chi connectivity index (χ2n) is 4.91. The van der Waals surface area contributed by atoms with E-state index in [1.165, 1.54) is 30.4 Å². The van der Waals surface area contributed by atoms with Gasteiger partial charge in [0, 0.05) is 23.7 Å². The Balaban J connectivity index is 1.88. The zero-order valence-electron chi connectivity index (χ0n) is 11.1. The molecule has 1 aliphatic carbocycles. The number of aromatic nitrogens is 2. The lowest BCUT2D eigenvalue weighted by Gasteiger charge is -2.25. The summed E-state index contributed by atoms with van der Waals surface area (Å²) in [4.78, 5) is 7.54. The molecular formula is C15H19N3S. The van der Waals surface area contributed by atoms with Crippen LogP contribution in [0, 0.1) is 0 Å². The molecular weight excluding hydrogens is 254 g/mol. The summed E-state index contributed by atoms with van der Waals surface area (Å²) in [7, 11) is 2.06. The van der Waals surface area contributed by atoms with Crippen LogP contribution in [0.25, 0.3) is 0 Å². The average Bonchev–Trinajstić information content (AvgIpc) is 2.87. The van der Waals surface area contributed by atoms with E-state index in [1.807, 2.05) is 24.2 Å². The molecule has 0 saturated heterocycles.